The minimum absolute atomic E-state index is 0. The summed E-state index contributed by atoms with van der Waals surface area (Å²) in [6, 6.07) is 4.65. The van der Waals surface area contributed by atoms with Crippen LogP contribution in [0.4, 0.5) is 10.8 Å². The van der Waals surface area contributed by atoms with Gasteiger partial charge < -0.3 is 46.4 Å². The molecule has 0 spiro atoms. The molecule has 0 aliphatic carbocycles. The Balaban J connectivity index is 0.00000523. The van der Waals surface area contributed by atoms with Gasteiger partial charge in [-0.3, -0.25) is 29.6 Å². The van der Waals surface area contributed by atoms with Crippen LogP contribution < -0.4 is 60.7 Å². The number of nitrogens with two attached hydrogens (primary N) is 1. The van der Waals surface area contributed by atoms with E-state index in [9.17, 15) is 34.5 Å². The average Bonchev–Trinajstić information content (AvgIpc) is 3.79. The van der Waals surface area contributed by atoms with Crippen LogP contribution in [0.15, 0.2) is 52.8 Å². The SMILES string of the molecule is CC(C)(O/N=C(\C(=O)N[C@@H]1C(=O)N2C(c3nnn[n-]3)=C(C[n+]3ccc(NC(=O)c4ccc(O)c(O)c4Cl)cc3)CS[C@H]12)c1csc(N)n1)C(=O)[O-].[Na+]. The van der Waals surface area contributed by atoms with E-state index in [0.717, 1.165) is 23.0 Å². The number of aliphatic carboxylic acids is 1. The van der Waals surface area contributed by atoms with Crippen LogP contribution in [0.3, 0.4) is 0 Å². The van der Waals surface area contributed by atoms with Crippen LogP contribution in [0.25, 0.3) is 5.70 Å². The normalized spacial score (nSPS) is 17.1. The van der Waals surface area contributed by atoms with Crippen molar-refractivity contribution < 1.29 is 73.5 Å². The number of nitrogens with one attached hydrogen (secondary N) is 2. The molecule has 52 heavy (non-hydrogen) atoms. The second-order valence-corrected chi connectivity index (χ2v) is 13.8. The fraction of sp³-hybridized carbons (Fsp3) is 0.241. The number of thioether (sulfide) groups is 1. The molecule has 3 amide bonds. The Labute approximate surface area is 328 Å². The number of nitrogen functional groups attached to an aromatic ring is 1. The maximum atomic E-state index is 13.6. The van der Waals surface area contributed by atoms with Gasteiger partial charge in [0.05, 0.1) is 33.8 Å². The third-order valence-electron chi connectivity index (χ3n) is 7.56. The molecule has 6 N–H and O–H groups in total. The van der Waals surface area contributed by atoms with Gasteiger partial charge in [-0.25, -0.2) is 9.55 Å². The zero-order chi connectivity index (χ0) is 36.6. The van der Waals surface area contributed by atoms with Crippen LogP contribution >= 0.6 is 34.7 Å². The van der Waals surface area contributed by atoms with Gasteiger partial charge in [-0.05, 0) is 26.0 Å². The van der Waals surface area contributed by atoms with Crippen molar-refractivity contribution in [2.45, 2.75) is 37.4 Å². The Morgan fingerprint density at radius 3 is 2.62 bits per heavy atom. The number of hydrogen-bond acceptors (Lipinski definition) is 16. The summed E-state index contributed by atoms with van der Waals surface area (Å²) in [4.78, 5) is 61.8. The van der Waals surface area contributed by atoms with Crippen LogP contribution in [-0.4, -0.2) is 87.8 Å². The summed E-state index contributed by atoms with van der Waals surface area (Å²) >= 11 is 8.40. The van der Waals surface area contributed by atoms with Gasteiger partial charge in [-0.1, -0.05) is 16.8 Å². The summed E-state index contributed by atoms with van der Waals surface area (Å²) < 4.78 is 1.79. The molecule has 2 atom stereocenters. The number of amides is 3. The number of thiazole rings is 1. The minimum atomic E-state index is -1.88. The van der Waals surface area contributed by atoms with Crippen LogP contribution in [0.2, 0.25) is 5.02 Å². The molecule has 2 aliphatic rings. The fourth-order valence-electron chi connectivity index (χ4n) is 4.86. The van der Waals surface area contributed by atoms with Crippen molar-refractivity contribution in [1.29, 1.82) is 0 Å². The van der Waals surface area contributed by atoms with E-state index in [2.05, 4.69) is 41.4 Å². The summed E-state index contributed by atoms with van der Waals surface area (Å²) in [5.74, 6) is -4.11. The third kappa shape index (κ3) is 7.68. The molecular weight excluding hydrogens is 753 g/mol. The number of nitrogens with zero attached hydrogens (tertiary/aromatic N) is 8. The van der Waals surface area contributed by atoms with E-state index in [0.29, 0.717) is 17.1 Å². The van der Waals surface area contributed by atoms with Crippen LogP contribution in [-0.2, 0) is 25.8 Å². The Morgan fingerprint density at radius 2 is 1.98 bits per heavy atom. The number of aromatic hydroxyl groups is 2. The van der Waals surface area contributed by atoms with E-state index in [1.807, 2.05) is 0 Å². The number of hydrogen-bond donors (Lipinski definition) is 5. The Hall–Kier alpha value is -4.80. The van der Waals surface area contributed by atoms with Crippen molar-refractivity contribution in [3.05, 3.63) is 69.7 Å². The number of carbonyl (C=O) groups excluding carboxylic acids is 4. The number of carbonyl (C=O) groups is 4. The molecule has 5 heterocycles. The van der Waals surface area contributed by atoms with Crippen molar-refractivity contribution in [2.24, 2.45) is 5.16 Å². The molecular formula is C29H25ClN11NaO8S2. The number of carboxylic acids is 1. The average molecular weight is 778 g/mol. The Morgan fingerprint density at radius 1 is 1.25 bits per heavy atom. The predicted octanol–water partition coefficient (Wildman–Crippen LogP) is -3.76. The predicted molar refractivity (Wildman–Crippen MR) is 178 cm³/mol. The van der Waals surface area contributed by atoms with Gasteiger partial charge in [0, 0.05) is 28.8 Å². The summed E-state index contributed by atoms with van der Waals surface area (Å²) in [6.45, 7) is 2.65. The molecule has 4 aromatic rings. The molecule has 0 bridgehead atoms. The number of rotatable bonds is 11. The Bertz CT molecular complexity index is 2110. The molecule has 0 unspecified atom stereocenters. The number of carboxylic acid groups (broad SMARTS) is 1. The summed E-state index contributed by atoms with van der Waals surface area (Å²) in [6.07, 6.45) is 3.37. The summed E-state index contributed by atoms with van der Waals surface area (Å²) in [5.41, 5.74) is 4.94. The number of aromatic nitrogens is 6. The fourth-order valence-corrected chi connectivity index (χ4v) is 6.99. The van der Waals surface area contributed by atoms with Crippen molar-refractivity contribution in [2.75, 3.05) is 16.8 Å². The number of β-lactam (4-membered cyclic amide) rings is 1. The Kier molecular flexibility index (Phi) is 11.4. The van der Waals surface area contributed by atoms with Gasteiger partial charge in [-0.2, -0.15) is 5.21 Å². The standard InChI is InChI=1S/C29H26ClN11O8S2.Na/c1-29(2,27(47)48)49-37-18(15-11-51-28(31)33-15)24(45)34-19-25(46)41-20(22-35-38-39-36-22)12(10-50-26(19)41)9-40-7-5-13(6-8-40)32-23(44)14-3-4-16(42)21(43)17(14)30;/h3-8,11,19,26H,9-10H2,1-2H3,(H7,31,33,34,35,36,37,38,39,42,43,44,45,47,48);/q;+1/p-1/t19-,26-;/m1./s1. The zero-order valence-electron chi connectivity index (χ0n) is 27.3. The minimum Gasteiger partial charge on any atom is -0.546 e. The van der Waals surface area contributed by atoms with Crippen LogP contribution in [0.5, 0.6) is 11.5 Å². The number of fused-ring (bicyclic) bond motifs is 1. The molecule has 19 nitrogen and oxygen atoms in total. The topological polar surface area (TPSA) is 276 Å². The maximum absolute atomic E-state index is 13.6. The second kappa shape index (κ2) is 15.4. The van der Waals surface area contributed by atoms with E-state index < -0.39 is 57.9 Å². The molecule has 0 saturated carbocycles. The first-order chi connectivity index (χ1) is 24.2. The first-order valence-corrected chi connectivity index (χ1v) is 16.9. The van der Waals surface area contributed by atoms with Crippen LogP contribution in [0.1, 0.15) is 35.7 Å². The van der Waals surface area contributed by atoms with Gasteiger partial charge in [0.1, 0.15) is 17.1 Å². The molecule has 23 heteroatoms. The van der Waals surface area contributed by atoms with Crippen molar-refractivity contribution in [3.63, 3.8) is 0 Å². The first-order valence-electron chi connectivity index (χ1n) is 14.6. The number of phenolic OH excluding ortho intramolecular Hbond substituents is 2. The molecule has 3 aromatic heterocycles. The zero-order valence-corrected chi connectivity index (χ0v) is 31.7. The van der Waals surface area contributed by atoms with Gasteiger partial charge in [0.25, 0.3) is 17.7 Å². The quantitative estimate of drug-likeness (QED) is 0.0244. The molecule has 2 aliphatic heterocycles. The van der Waals surface area contributed by atoms with Crippen molar-refractivity contribution in [1.82, 2.24) is 35.8 Å². The molecule has 1 fully saturated rings. The largest absolute Gasteiger partial charge is 1.00 e. The maximum Gasteiger partial charge on any atom is 1.00 e. The van der Waals surface area contributed by atoms with E-state index >= 15 is 0 Å². The number of tetrazole rings is 1. The molecule has 1 aromatic carbocycles. The van der Waals surface area contributed by atoms with E-state index in [1.165, 1.54) is 42.0 Å². The van der Waals surface area contributed by atoms with Gasteiger partial charge in [0.15, 0.2) is 46.9 Å². The smallest absolute Gasteiger partial charge is 0.546 e. The number of phenols is 2. The van der Waals surface area contributed by atoms with Crippen molar-refractivity contribution in [3.8, 4) is 11.5 Å². The van der Waals surface area contributed by atoms with Gasteiger partial charge in [-0.15, -0.1) is 23.1 Å². The summed E-state index contributed by atoms with van der Waals surface area (Å²) in [5, 5.41) is 55.7. The monoisotopic (exact) mass is 777 g/mol. The number of halogens is 1. The number of oxime groups is 1. The number of anilines is 2. The number of pyridine rings is 1. The van der Waals surface area contributed by atoms with Gasteiger partial charge in [0.2, 0.25) is 0 Å². The summed E-state index contributed by atoms with van der Waals surface area (Å²) in [7, 11) is 0. The first kappa shape index (κ1) is 38.4. The van der Waals surface area contributed by atoms with E-state index in [4.69, 9.17) is 22.2 Å². The van der Waals surface area contributed by atoms with Crippen molar-refractivity contribution >= 4 is 80.6 Å². The van der Waals surface area contributed by atoms with Crippen LogP contribution in [0, 0.1) is 0 Å². The van der Waals surface area contributed by atoms with E-state index in [1.54, 1.807) is 29.1 Å². The van der Waals surface area contributed by atoms with Gasteiger partial charge >= 0.3 is 29.6 Å². The molecule has 6 rings (SSSR count). The molecule has 1 saturated heterocycles. The molecule has 264 valence electrons. The second-order valence-electron chi connectivity index (χ2n) is 11.4. The van der Waals surface area contributed by atoms with E-state index in [-0.39, 0.29) is 63.3 Å². The molecule has 0 radical (unpaired) electrons. The number of benzene rings is 1. The third-order valence-corrected chi connectivity index (χ3v) is 9.96.